The summed E-state index contributed by atoms with van der Waals surface area (Å²) in [7, 11) is 0. The fraction of sp³-hybridized carbons (Fsp3) is 0.0714. The maximum absolute atomic E-state index is 13.8. The fourth-order valence-corrected chi connectivity index (χ4v) is 2.26. The van der Waals surface area contributed by atoms with Gasteiger partial charge in [-0.2, -0.15) is 22.5 Å². The lowest BCUT2D eigenvalue weighted by atomic mass is 10.2. The third-order valence-electron chi connectivity index (χ3n) is 3.09. The van der Waals surface area contributed by atoms with E-state index in [1.54, 1.807) is 37.3 Å². The van der Waals surface area contributed by atoms with E-state index in [9.17, 15) is 17.6 Å². The van der Waals surface area contributed by atoms with Crippen molar-refractivity contribution in [3.8, 4) is 5.69 Å². The fourth-order valence-electron chi connectivity index (χ4n) is 2.26. The molecule has 1 aromatic carbocycles. The molecule has 0 amide bonds. The lowest BCUT2D eigenvalue weighted by molar-refractivity contribution is 0.403. The van der Waals surface area contributed by atoms with Gasteiger partial charge in [-0.1, -0.05) is 18.2 Å². The van der Waals surface area contributed by atoms with Crippen LogP contribution < -0.4 is 0 Å². The van der Waals surface area contributed by atoms with Gasteiger partial charge in [-0.3, -0.25) is 0 Å². The largest absolute Gasteiger partial charge is 0.308 e. The summed E-state index contributed by atoms with van der Waals surface area (Å²) >= 11 is 0. The van der Waals surface area contributed by atoms with E-state index in [2.05, 4.69) is 4.98 Å². The molecule has 20 heavy (non-hydrogen) atoms. The number of aryl methyl sites for hydroxylation is 1. The molecule has 2 aromatic heterocycles. The Balaban J connectivity index is 2.46. The van der Waals surface area contributed by atoms with Crippen LogP contribution in [-0.4, -0.2) is 9.55 Å². The molecule has 0 bridgehead atoms. The summed E-state index contributed by atoms with van der Waals surface area (Å²) in [5.41, 5.74) is 0.107. The number of aromatic nitrogens is 2. The number of para-hydroxylation sites is 1. The van der Waals surface area contributed by atoms with E-state index in [-0.39, 0.29) is 0 Å². The van der Waals surface area contributed by atoms with E-state index in [0.29, 0.717) is 16.6 Å². The van der Waals surface area contributed by atoms with Crippen LogP contribution in [0, 0.1) is 30.5 Å². The minimum absolute atomic E-state index is 0.452. The highest BCUT2D eigenvalue weighted by Crippen LogP contribution is 2.28. The SMILES string of the molecule is Cc1cc2ccccc2n1-c1c(F)c(F)nc(F)c1F. The number of rotatable bonds is 1. The van der Waals surface area contributed by atoms with Crippen LogP contribution in [0.5, 0.6) is 0 Å². The molecule has 0 N–H and O–H groups in total. The normalized spacial score (nSPS) is 11.2. The van der Waals surface area contributed by atoms with Gasteiger partial charge >= 0.3 is 0 Å². The van der Waals surface area contributed by atoms with Gasteiger partial charge in [0.25, 0.3) is 11.9 Å². The monoisotopic (exact) mass is 280 g/mol. The standard InChI is InChI=1S/C14H8F4N2/c1-7-6-8-4-2-3-5-9(8)20(7)12-10(15)13(17)19-14(18)11(12)16/h2-6H,1H3. The molecule has 0 aliphatic carbocycles. The molecule has 2 heterocycles. The van der Waals surface area contributed by atoms with Gasteiger partial charge in [-0.25, -0.2) is 0 Å². The van der Waals surface area contributed by atoms with Crippen LogP contribution in [0.2, 0.25) is 0 Å². The summed E-state index contributed by atoms with van der Waals surface area (Å²) in [6.07, 6.45) is 0. The topological polar surface area (TPSA) is 17.8 Å². The van der Waals surface area contributed by atoms with Crippen LogP contribution in [0.1, 0.15) is 5.69 Å². The number of pyridine rings is 1. The highest BCUT2D eigenvalue weighted by molar-refractivity contribution is 5.83. The molecule has 102 valence electrons. The molecule has 6 heteroatoms. The van der Waals surface area contributed by atoms with Gasteiger partial charge in [-0.05, 0) is 19.1 Å². The summed E-state index contributed by atoms with van der Waals surface area (Å²) in [4.78, 5) is 2.56. The van der Waals surface area contributed by atoms with Crippen molar-refractivity contribution in [2.45, 2.75) is 6.92 Å². The van der Waals surface area contributed by atoms with E-state index in [4.69, 9.17) is 0 Å². The van der Waals surface area contributed by atoms with Crippen LogP contribution in [-0.2, 0) is 0 Å². The molecule has 3 aromatic rings. The van der Waals surface area contributed by atoms with E-state index < -0.39 is 29.2 Å². The molecular formula is C14H8F4N2. The first kappa shape index (κ1) is 12.7. The molecule has 0 saturated heterocycles. The smallest absolute Gasteiger partial charge is 0.253 e. The first-order chi connectivity index (χ1) is 9.50. The lowest BCUT2D eigenvalue weighted by Gasteiger charge is -2.11. The molecule has 0 spiro atoms. The Bertz CT molecular complexity index is 797. The second-order valence-electron chi connectivity index (χ2n) is 4.35. The summed E-state index contributed by atoms with van der Waals surface area (Å²) in [6, 6.07) is 8.44. The first-order valence-corrected chi connectivity index (χ1v) is 5.78. The third-order valence-corrected chi connectivity index (χ3v) is 3.09. The van der Waals surface area contributed by atoms with Crippen LogP contribution in [0.4, 0.5) is 17.6 Å². The van der Waals surface area contributed by atoms with Crippen molar-refractivity contribution in [2.75, 3.05) is 0 Å². The van der Waals surface area contributed by atoms with Crippen LogP contribution in [0.3, 0.4) is 0 Å². The number of halogens is 4. The Morgan fingerprint density at radius 3 is 2.20 bits per heavy atom. The molecule has 0 aliphatic heterocycles. The van der Waals surface area contributed by atoms with Gasteiger partial charge < -0.3 is 4.57 Å². The molecule has 0 radical (unpaired) electrons. The van der Waals surface area contributed by atoms with Crippen molar-refractivity contribution in [3.63, 3.8) is 0 Å². The van der Waals surface area contributed by atoms with E-state index in [1.165, 1.54) is 0 Å². The predicted octanol–water partition coefficient (Wildman–Crippen LogP) is 3.89. The highest BCUT2D eigenvalue weighted by atomic mass is 19.2. The molecule has 2 nitrogen and oxygen atoms in total. The van der Waals surface area contributed by atoms with E-state index >= 15 is 0 Å². The van der Waals surface area contributed by atoms with Crippen molar-refractivity contribution >= 4 is 10.9 Å². The molecule has 0 aliphatic rings. The Hall–Kier alpha value is -2.37. The molecular weight excluding hydrogens is 272 g/mol. The number of hydrogen-bond acceptors (Lipinski definition) is 1. The van der Waals surface area contributed by atoms with E-state index in [0.717, 1.165) is 4.57 Å². The summed E-state index contributed by atoms with van der Waals surface area (Å²) in [5.74, 6) is -6.38. The van der Waals surface area contributed by atoms with Crippen LogP contribution >= 0.6 is 0 Å². The Labute approximate surface area is 111 Å². The number of benzene rings is 1. The molecule has 3 rings (SSSR count). The van der Waals surface area contributed by atoms with Crippen molar-refractivity contribution in [1.29, 1.82) is 0 Å². The average molecular weight is 280 g/mol. The van der Waals surface area contributed by atoms with E-state index in [1.807, 2.05) is 0 Å². The van der Waals surface area contributed by atoms with Gasteiger partial charge in [-0.15, -0.1) is 0 Å². The minimum Gasteiger partial charge on any atom is -0.308 e. The zero-order valence-electron chi connectivity index (χ0n) is 10.3. The Kier molecular flexibility index (Phi) is 2.74. The molecule has 0 saturated carbocycles. The van der Waals surface area contributed by atoms with Crippen molar-refractivity contribution in [2.24, 2.45) is 0 Å². The molecule has 0 atom stereocenters. The van der Waals surface area contributed by atoms with Gasteiger partial charge in [0.05, 0.1) is 5.52 Å². The van der Waals surface area contributed by atoms with Gasteiger partial charge in [0.2, 0.25) is 11.6 Å². The Morgan fingerprint density at radius 2 is 1.55 bits per heavy atom. The first-order valence-electron chi connectivity index (χ1n) is 5.78. The third kappa shape index (κ3) is 1.68. The summed E-state index contributed by atoms with van der Waals surface area (Å²) < 4.78 is 55.3. The molecule has 0 unspecified atom stereocenters. The second kappa shape index (κ2) is 4.33. The maximum Gasteiger partial charge on any atom is 0.253 e. The number of nitrogens with zero attached hydrogens (tertiary/aromatic N) is 2. The quantitative estimate of drug-likeness (QED) is 0.488. The van der Waals surface area contributed by atoms with Crippen molar-refractivity contribution < 1.29 is 17.6 Å². The second-order valence-corrected chi connectivity index (χ2v) is 4.35. The summed E-state index contributed by atoms with van der Waals surface area (Å²) in [6.45, 7) is 1.59. The van der Waals surface area contributed by atoms with Crippen molar-refractivity contribution in [3.05, 3.63) is 59.6 Å². The molecule has 0 fully saturated rings. The zero-order chi connectivity index (χ0) is 14.4. The predicted molar refractivity (Wildman–Crippen MR) is 65.6 cm³/mol. The zero-order valence-corrected chi connectivity index (χ0v) is 10.3. The minimum atomic E-state index is -1.67. The van der Waals surface area contributed by atoms with Crippen LogP contribution in [0.25, 0.3) is 16.6 Å². The van der Waals surface area contributed by atoms with Crippen molar-refractivity contribution in [1.82, 2.24) is 9.55 Å². The maximum atomic E-state index is 13.8. The Morgan fingerprint density at radius 1 is 0.950 bits per heavy atom. The van der Waals surface area contributed by atoms with Gasteiger partial charge in [0.1, 0.15) is 5.69 Å². The van der Waals surface area contributed by atoms with Gasteiger partial charge in [0, 0.05) is 11.1 Å². The van der Waals surface area contributed by atoms with Gasteiger partial charge in [0.15, 0.2) is 0 Å². The van der Waals surface area contributed by atoms with Crippen LogP contribution in [0.15, 0.2) is 30.3 Å². The summed E-state index contributed by atoms with van der Waals surface area (Å²) in [5, 5.41) is 0.710. The highest BCUT2D eigenvalue weighted by Gasteiger charge is 2.24. The average Bonchev–Trinajstić information content (AvgIpc) is 2.74. The number of hydrogen-bond donors (Lipinski definition) is 0. The lowest BCUT2D eigenvalue weighted by Crippen LogP contribution is -2.09. The number of fused-ring (bicyclic) bond motifs is 1.